The first-order valence-electron chi connectivity index (χ1n) is 12.7. The lowest BCUT2D eigenvalue weighted by Gasteiger charge is -2.38. The second-order valence-electron chi connectivity index (χ2n) is 10.1. The highest BCUT2D eigenvalue weighted by molar-refractivity contribution is 7.12. The lowest BCUT2D eigenvalue weighted by molar-refractivity contribution is -0.384. The molecule has 0 saturated carbocycles. The maximum atomic E-state index is 14.5. The zero-order chi connectivity index (χ0) is 27.6. The van der Waals surface area contributed by atoms with E-state index in [9.17, 15) is 24.5 Å². The SMILES string of the molecule is O=C(c1cccc([N+](=O)[O-])c1)C1C(C(=O)c2cccs2)C2(C(=O)Nc3ccccc32)C2c3ccccc3C=CN12. The van der Waals surface area contributed by atoms with E-state index in [1.165, 1.54) is 35.6 Å². The van der Waals surface area contributed by atoms with Crippen LogP contribution in [0.3, 0.4) is 0 Å². The van der Waals surface area contributed by atoms with Crippen molar-refractivity contribution in [1.82, 2.24) is 4.90 Å². The first-order valence-corrected chi connectivity index (χ1v) is 13.6. The highest BCUT2D eigenvalue weighted by atomic mass is 32.1. The van der Waals surface area contributed by atoms with Gasteiger partial charge in [-0.15, -0.1) is 11.3 Å². The molecule has 4 atom stereocenters. The van der Waals surface area contributed by atoms with Gasteiger partial charge >= 0.3 is 0 Å². The van der Waals surface area contributed by atoms with Crippen molar-refractivity contribution in [3.8, 4) is 0 Å². The smallest absolute Gasteiger partial charge is 0.270 e. The predicted molar refractivity (Wildman–Crippen MR) is 150 cm³/mol. The van der Waals surface area contributed by atoms with Gasteiger partial charge in [-0.05, 0) is 40.3 Å². The molecule has 3 aliphatic heterocycles. The summed E-state index contributed by atoms with van der Waals surface area (Å²) in [6, 6.07) is 22.2. The number of anilines is 1. The van der Waals surface area contributed by atoms with Gasteiger partial charge in [0.15, 0.2) is 11.6 Å². The molecule has 1 fully saturated rings. The Kier molecular flexibility index (Phi) is 5.33. The van der Waals surface area contributed by atoms with Crippen LogP contribution in [-0.2, 0) is 10.2 Å². The molecule has 4 unspecified atom stereocenters. The summed E-state index contributed by atoms with van der Waals surface area (Å²) in [7, 11) is 0. The third-order valence-corrected chi connectivity index (χ3v) is 9.11. The minimum absolute atomic E-state index is 0.109. The first kappa shape index (κ1) is 24.2. The maximum absolute atomic E-state index is 14.5. The van der Waals surface area contributed by atoms with Gasteiger partial charge < -0.3 is 10.2 Å². The molecule has 1 aromatic heterocycles. The molecule has 8 nitrogen and oxygen atoms in total. The van der Waals surface area contributed by atoms with Crippen LogP contribution in [0.5, 0.6) is 0 Å². The van der Waals surface area contributed by atoms with Crippen molar-refractivity contribution < 1.29 is 19.3 Å². The van der Waals surface area contributed by atoms with E-state index in [2.05, 4.69) is 5.32 Å². The van der Waals surface area contributed by atoms with Crippen LogP contribution >= 0.6 is 11.3 Å². The highest BCUT2D eigenvalue weighted by Crippen LogP contribution is 2.62. The molecule has 1 amide bonds. The van der Waals surface area contributed by atoms with Crippen molar-refractivity contribution in [3.63, 3.8) is 0 Å². The van der Waals surface area contributed by atoms with Crippen molar-refractivity contribution in [2.45, 2.75) is 17.5 Å². The number of para-hydroxylation sites is 1. The van der Waals surface area contributed by atoms with Crippen LogP contribution in [0, 0.1) is 16.0 Å². The van der Waals surface area contributed by atoms with Crippen LogP contribution in [0.4, 0.5) is 11.4 Å². The lowest BCUT2D eigenvalue weighted by atomic mass is 9.63. The van der Waals surface area contributed by atoms with Gasteiger partial charge in [-0.3, -0.25) is 24.5 Å². The number of non-ortho nitro benzene ring substituents is 1. The summed E-state index contributed by atoms with van der Waals surface area (Å²) in [6.45, 7) is 0. The molecule has 4 aromatic rings. The molecule has 0 aliphatic carbocycles. The Morgan fingerprint density at radius 1 is 0.950 bits per heavy atom. The number of nitro benzene ring substituents is 1. The van der Waals surface area contributed by atoms with Gasteiger partial charge in [0.2, 0.25) is 5.91 Å². The number of nitrogens with zero attached hydrogens (tertiary/aromatic N) is 2. The van der Waals surface area contributed by atoms with Gasteiger partial charge in [0.05, 0.1) is 21.8 Å². The number of carbonyl (C=O) groups is 3. The van der Waals surface area contributed by atoms with E-state index in [0.29, 0.717) is 16.1 Å². The molecule has 3 aromatic carbocycles. The van der Waals surface area contributed by atoms with Gasteiger partial charge in [0, 0.05) is 29.6 Å². The lowest BCUT2D eigenvalue weighted by Crippen LogP contribution is -2.49. The number of carbonyl (C=O) groups excluding carboxylic acids is 3. The maximum Gasteiger partial charge on any atom is 0.270 e. The Morgan fingerprint density at radius 3 is 2.55 bits per heavy atom. The van der Waals surface area contributed by atoms with E-state index in [1.807, 2.05) is 53.4 Å². The summed E-state index contributed by atoms with van der Waals surface area (Å²) in [5.41, 5.74) is 1.44. The summed E-state index contributed by atoms with van der Waals surface area (Å²) < 4.78 is 0. The van der Waals surface area contributed by atoms with Gasteiger partial charge in [0.1, 0.15) is 11.5 Å². The van der Waals surface area contributed by atoms with Crippen molar-refractivity contribution in [2.24, 2.45) is 5.92 Å². The van der Waals surface area contributed by atoms with Gasteiger partial charge in [0.25, 0.3) is 5.69 Å². The largest absolute Gasteiger partial charge is 0.358 e. The normalized spacial score (nSPS) is 23.9. The van der Waals surface area contributed by atoms with Crippen molar-refractivity contribution in [2.75, 3.05) is 5.32 Å². The number of benzene rings is 3. The van der Waals surface area contributed by atoms with E-state index in [0.717, 1.165) is 11.1 Å². The molecule has 40 heavy (non-hydrogen) atoms. The fourth-order valence-corrected chi connectivity index (χ4v) is 7.39. The van der Waals surface area contributed by atoms with Crippen LogP contribution < -0.4 is 5.32 Å². The third kappa shape index (κ3) is 3.21. The Bertz CT molecular complexity index is 1760. The topological polar surface area (TPSA) is 110 Å². The summed E-state index contributed by atoms with van der Waals surface area (Å²) in [5.74, 6) is -2.23. The Morgan fingerprint density at radius 2 is 1.75 bits per heavy atom. The fourth-order valence-electron chi connectivity index (χ4n) is 6.68. The minimum Gasteiger partial charge on any atom is -0.358 e. The zero-order valence-electron chi connectivity index (χ0n) is 20.9. The molecule has 1 saturated heterocycles. The van der Waals surface area contributed by atoms with E-state index in [1.54, 1.807) is 29.8 Å². The number of ketones is 2. The first-order chi connectivity index (χ1) is 19.4. The summed E-state index contributed by atoms with van der Waals surface area (Å²) in [5, 5.41) is 16.3. The number of Topliss-reactive ketones (excluding diaryl/α,β-unsaturated/α-hetero) is 2. The van der Waals surface area contributed by atoms with Gasteiger partial charge in [-0.25, -0.2) is 0 Å². The fraction of sp³-hybridized carbons (Fsp3) is 0.129. The van der Waals surface area contributed by atoms with Crippen molar-refractivity contribution in [1.29, 1.82) is 0 Å². The number of amides is 1. The quantitative estimate of drug-likeness (QED) is 0.197. The number of thiophene rings is 1. The number of nitrogens with one attached hydrogen (secondary N) is 1. The van der Waals surface area contributed by atoms with Crippen molar-refractivity contribution in [3.05, 3.63) is 134 Å². The average molecular weight is 548 g/mol. The molecule has 7 rings (SSSR count). The highest BCUT2D eigenvalue weighted by Gasteiger charge is 2.70. The number of nitro groups is 1. The Balaban J connectivity index is 1.53. The van der Waals surface area contributed by atoms with Crippen LogP contribution in [-0.4, -0.2) is 33.3 Å². The van der Waals surface area contributed by atoms with Crippen LogP contribution in [0.1, 0.15) is 42.8 Å². The summed E-state index contributed by atoms with van der Waals surface area (Å²) in [6.07, 6.45) is 3.66. The second-order valence-corrected chi connectivity index (χ2v) is 11.0. The second kappa shape index (κ2) is 8.82. The molecular formula is C31H21N3O5S. The van der Waals surface area contributed by atoms with Gasteiger partial charge in [-0.1, -0.05) is 60.7 Å². The summed E-state index contributed by atoms with van der Waals surface area (Å²) in [4.78, 5) is 56.6. The molecule has 4 heterocycles. The number of hydrogen-bond acceptors (Lipinski definition) is 7. The zero-order valence-corrected chi connectivity index (χ0v) is 21.7. The minimum atomic E-state index is -1.43. The Hall–Kier alpha value is -4.89. The standard InChI is InChI=1S/C31H21N3O5S/c35-27(19-8-5-9-20(17-19)34(38)39)26-25(28(36)24-13-6-16-40-24)31(22-11-3-4-12-23(22)32-30(31)37)29-21-10-2-1-7-18(21)14-15-33(26)29/h1-17,25-26,29H,(H,32,37). The van der Waals surface area contributed by atoms with Crippen molar-refractivity contribution >= 4 is 46.3 Å². The number of hydrogen-bond donors (Lipinski definition) is 1. The molecular weight excluding hydrogens is 526 g/mol. The molecule has 3 aliphatic rings. The Labute approximate surface area is 232 Å². The average Bonchev–Trinajstić information content (AvgIpc) is 3.69. The third-order valence-electron chi connectivity index (χ3n) is 8.23. The van der Waals surface area contributed by atoms with E-state index < -0.39 is 34.1 Å². The molecule has 1 spiro atoms. The molecule has 0 radical (unpaired) electrons. The summed E-state index contributed by atoms with van der Waals surface area (Å²) >= 11 is 1.26. The molecule has 0 bridgehead atoms. The molecule has 9 heteroatoms. The van der Waals surface area contributed by atoms with E-state index in [4.69, 9.17) is 0 Å². The van der Waals surface area contributed by atoms with Gasteiger partial charge in [-0.2, -0.15) is 0 Å². The number of rotatable bonds is 5. The molecule has 1 N–H and O–H groups in total. The predicted octanol–water partition coefficient (Wildman–Crippen LogP) is 5.64. The van der Waals surface area contributed by atoms with Crippen LogP contribution in [0.2, 0.25) is 0 Å². The van der Waals surface area contributed by atoms with Crippen LogP contribution in [0.25, 0.3) is 6.08 Å². The number of fused-ring (bicyclic) bond motifs is 6. The van der Waals surface area contributed by atoms with Crippen LogP contribution in [0.15, 0.2) is 96.5 Å². The monoisotopic (exact) mass is 547 g/mol. The van der Waals surface area contributed by atoms with E-state index >= 15 is 0 Å². The molecule has 196 valence electrons. The van der Waals surface area contributed by atoms with E-state index in [-0.39, 0.29) is 22.9 Å².